The monoisotopic (exact) mass is 329 g/mol. The molecule has 1 aliphatic rings. The van der Waals surface area contributed by atoms with Crippen molar-refractivity contribution in [3.8, 4) is 0 Å². The van der Waals surface area contributed by atoms with Gasteiger partial charge in [0.05, 0.1) is 17.6 Å². The maximum Gasteiger partial charge on any atom is 0.321 e. The Balaban J connectivity index is 1.59. The van der Waals surface area contributed by atoms with E-state index in [1.165, 1.54) is 0 Å². The molecule has 0 aliphatic carbocycles. The fraction of sp³-hybridized carbons (Fsp3) is 0.471. The number of aliphatic hydroxyl groups is 1. The van der Waals surface area contributed by atoms with E-state index in [1.807, 2.05) is 26.0 Å². The summed E-state index contributed by atoms with van der Waals surface area (Å²) in [4.78, 5) is 18.4. The number of amides is 2. The van der Waals surface area contributed by atoms with Crippen LogP contribution in [0, 0.1) is 6.92 Å². The molecule has 0 spiro atoms. The number of carbonyl (C=O) groups excluding carboxylic acids is 1. The minimum atomic E-state index is -0.961. The molecule has 1 saturated heterocycles. The van der Waals surface area contributed by atoms with Crippen molar-refractivity contribution in [2.24, 2.45) is 0 Å². The number of nitrogens with one attached hydrogen (secondary N) is 1. The summed E-state index contributed by atoms with van der Waals surface area (Å²) in [7, 11) is 0. The Hall–Kier alpha value is -2.41. The van der Waals surface area contributed by atoms with E-state index < -0.39 is 5.60 Å². The standard InChI is InChI=1S/C17H23N5O2/c1-3-22-12-14(11-19-22)20-16(23)21-8-6-17(24,7-9-21)15-5-4-13(2)10-18-15/h4-5,10-12,24H,3,6-9H2,1-2H3,(H,20,23). The number of urea groups is 1. The molecule has 7 heteroatoms. The molecule has 24 heavy (non-hydrogen) atoms. The van der Waals surface area contributed by atoms with Gasteiger partial charge in [-0.05, 0) is 38.3 Å². The minimum Gasteiger partial charge on any atom is -0.383 e. The number of anilines is 1. The Labute approximate surface area is 141 Å². The van der Waals surface area contributed by atoms with Crippen LogP contribution in [0.4, 0.5) is 10.5 Å². The minimum absolute atomic E-state index is 0.162. The molecule has 128 valence electrons. The average molecular weight is 329 g/mol. The zero-order chi connectivity index (χ0) is 17.2. The van der Waals surface area contributed by atoms with Gasteiger partial charge in [-0.2, -0.15) is 5.10 Å². The number of carbonyl (C=O) groups is 1. The summed E-state index contributed by atoms with van der Waals surface area (Å²) in [5.41, 5.74) is 1.46. The SMILES string of the molecule is CCn1cc(NC(=O)N2CCC(O)(c3ccc(C)cn3)CC2)cn1. The predicted octanol–water partition coefficient (Wildman–Crippen LogP) is 2.12. The lowest BCUT2D eigenvalue weighted by atomic mass is 9.87. The van der Waals surface area contributed by atoms with Gasteiger partial charge in [-0.3, -0.25) is 9.67 Å². The summed E-state index contributed by atoms with van der Waals surface area (Å²) >= 11 is 0. The van der Waals surface area contributed by atoms with Crippen molar-refractivity contribution in [1.29, 1.82) is 0 Å². The molecule has 3 rings (SSSR count). The molecule has 2 amide bonds. The summed E-state index contributed by atoms with van der Waals surface area (Å²) in [6.45, 7) is 5.69. The maximum absolute atomic E-state index is 12.3. The Bertz CT molecular complexity index is 702. The van der Waals surface area contributed by atoms with Crippen LogP contribution in [0.3, 0.4) is 0 Å². The molecule has 0 radical (unpaired) electrons. The zero-order valence-electron chi connectivity index (χ0n) is 14.1. The van der Waals surface area contributed by atoms with Gasteiger partial charge in [0.1, 0.15) is 5.60 Å². The lowest BCUT2D eigenvalue weighted by Gasteiger charge is -2.37. The van der Waals surface area contributed by atoms with E-state index in [2.05, 4.69) is 15.4 Å². The Morgan fingerprint density at radius 1 is 1.33 bits per heavy atom. The van der Waals surface area contributed by atoms with Gasteiger partial charge in [0.15, 0.2) is 0 Å². The molecule has 0 bridgehead atoms. The van der Waals surface area contributed by atoms with Crippen molar-refractivity contribution in [1.82, 2.24) is 19.7 Å². The van der Waals surface area contributed by atoms with Gasteiger partial charge in [-0.15, -0.1) is 0 Å². The molecular formula is C17H23N5O2. The summed E-state index contributed by atoms with van der Waals surface area (Å²) in [6, 6.07) is 3.65. The van der Waals surface area contributed by atoms with Gasteiger partial charge >= 0.3 is 6.03 Å². The zero-order valence-corrected chi connectivity index (χ0v) is 14.1. The lowest BCUT2D eigenvalue weighted by molar-refractivity contribution is -0.0193. The number of piperidine rings is 1. The molecule has 0 atom stereocenters. The van der Waals surface area contributed by atoms with Gasteiger partial charge in [0, 0.05) is 32.0 Å². The van der Waals surface area contributed by atoms with E-state index in [-0.39, 0.29) is 6.03 Å². The molecule has 0 aromatic carbocycles. The second-order valence-electron chi connectivity index (χ2n) is 6.25. The van der Waals surface area contributed by atoms with Crippen molar-refractivity contribution in [2.75, 3.05) is 18.4 Å². The van der Waals surface area contributed by atoms with E-state index in [1.54, 1.807) is 28.2 Å². The second kappa shape index (κ2) is 6.60. The smallest absolute Gasteiger partial charge is 0.321 e. The van der Waals surface area contributed by atoms with Crippen LogP contribution in [0.25, 0.3) is 0 Å². The van der Waals surface area contributed by atoms with Crippen molar-refractivity contribution in [3.05, 3.63) is 42.0 Å². The molecule has 1 aliphatic heterocycles. The Morgan fingerprint density at radius 3 is 2.67 bits per heavy atom. The quantitative estimate of drug-likeness (QED) is 0.903. The number of hydrogen-bond acceptors (Lipinski definition) is 4. The molecule has 2 aromatic rings. The molecule has 0 unspecified atom stereocenters. The highest BCUT2D eigenvalue weighted by Gasteiger charge is 2.36. The van der Waals surface area contributed by atoms with Crippen molar-refractivity contribution >= 4 is 11.7 Å². The topological polar surface area (TPSA) is 83.3 Å². The van der Waals surface area contributed by atoms with Crippen LogP contribution in [0.15, 0.2) is 30.7 Å². The number of pyridine rings is 1. The van der Waals surface area contributed by atoms with Crippen LogP contribution < -0.4 is 5.32 Å². The first-order valence-corrected chi connectivity index (χ1v) is 8.24. The molecule has 0 saturated carbocycles. The van der Waals surface area contributed by atoms with Crippen LogP contribution in [0.1, 0.15) is 31.0 Å². The third kappa shape index (κ3) is 3.41. The summed E-state index contributed by atoms with van der Waals surface area (Å²) in [5.74, 6) is 0. The highest BCUT2D eigenvalue weighted by molar-refractivity contribution is 5.89. The van der Waals surface area contributed by atoms with Crippen molar-refractivity contribution in [2.45, 2.75) is 38.8 Å². The first-order chi connectivity index (χ1) is 11.5. The van der Waals surface area contributed by atoms with Gasteiger partial charge in [-0.25, -0.2) is 4.79 Å². The average Bonchev–Trinajstić information content (AvgIpc) is 3.03. The number of hydrogen-bond donors (Lipinski definition) is 2. The van der Waals surface area contributed by atoms with Gasteiger partial charge in [-0.1, -0.05) is 6.07 Å². The van der Waals surface area contributed by atoms with E-state index >= 15 is 0 Å². The fourth-order valence-corrected chi connectivity index (χ4v) is 2.88. The molecule has 3 heterocycles. The normalized spacial score (nSPS) is 16.9. The van der Waals surface area contributed by atoms with Crippen LogP contribution in [-0.4, -0.2) is 43.9 Å². The number of likely N-dealkylation sites (tertiary alicyclic amines) is 1. The van der Waals surface area contributed by atoms with Gasteiger partial charge < -0.3 is 15.3 Å². The number of rotatable bonds is 3. The number of aryl methyl sites for hydroxylation is 2. The molecule has 7 nitrogen and oxygen atoms in total. The Kier molecular flexibility index (Phi) is 4.53. The fourth-order valence-electron chi connectivity index (χ4n) is 2.88. The summed E-state index contributed by atoms with van der Waals surface area (Å²) in [6.07, 6.45) is 6.15. The van der Waals surface area contributed by atoms with E-state index in [9.17, 15) is 9.90 Å². The van der Waals surface area contributed by atoms with Gasteiger partial charge in [0.25, 0.3) is 0 Å². The van der Waals surface area contributed by atoms with Crippen molar-refractivity contribution in [3.63, 3.8) is 0 Å². The predicted molar refractivity (Wildman–Crippen MR) is 90.6 cm³/mol. The van der Waals surface area contributed by atoms with Gasteiger partial charge in [0.2, 0.25) is 0 Å². The highest BCUT2D eigenvalue weighted by Crippen LogP contribution is 2.31. The van der Waals surface area contributed by atoms with Crippen LogP contribution in [0.2, 0.25) is 0 Å². The number of nitrogens with zero attached hydrogens (tertiary/aromatic N) is 4. The first-order valence-electron chi connectivity index (χ1n) is 8.24. The third-order valence-electron chi connectivity index (χ3n) is 4.47. The summed E-state index contributed by atoms with van der Waals surface area (Å²) < 4.78 is 1.76. The van der Waals surface area contributed by atoms with Crippen LogP contribution >= 0.6 is 0 Å². The highest BCUT2D eigenvalue weighted by atomic mass is 16.3. The molecule has 2 aromatic heterocycles. The molecule has 1 fully saturated rings. The molecular weight excluding hydrogens is 306 g/mol. The molecule has 2 N–H and O–H groups in total. The largest absolute Gasteiger partial charge is 0.383 e. The lowest BCUT2D eigenvalue weighted by Crippen LogP contribution is -2.47. The summed E-state index contributed by atoms with van der Waals surface area (Å²) in [5, 5.41) is 17.8. The second-order valence-corrected chi connectivity index (χ2v) is 6.25. The van der Waals surface area contributed by atoms with E-state index in [0.717, 1.165) is 12.1 Å². The Morgan fingerprint density at radius 2 is 2.08 bits per heavy atom. The van der Waals surface area contributed by atoms with E-state index in [0.29, 0.717) is 37.3 Å². The van der Waals surface area contributed by atoms with Crippen molar-refractivity contribution < 1.29 is 9.90 Å². The maximum atomic E-state index is 12.3. The van der Waals surface area contributed by atoms with Crippen LogP contribution in [0.5, 0.6) is 0 Å². The van der Waals surface area contributed by atoms with E-state index in [4.69, 9.17) is 0 Å². The van der Waals surface area contributed by atoms with Crippen LogP contribution in [-0.2, 0) is 12.1 Å². The first kappa shape index (κ1) is 16.4. The number of aromatic nitrogens is 3. The third-order valence-corrected chi connectivity index (χ3v) is 4.47.